The highest BCUT2D eigenvalue weighted by Crippen LogP contribution is 2.30. The Bertz CT molecular complexity index is 763. The number of fused-ring (bicyclic) bond motifs is 1. The maximum atomic E-state index is 11.7. The predicted octanol–water partition coefficient (Wildman–Crippen LogP) is 3.74. The SMILES string of the molecule is C=C(/C=C\C)CC1NCCCc2ccc(OCCNS(=O)(=O)CCC)cc21.[HH]. The standard InChI is InChI=1S/C21H32N2O3S.H2/c1-4-7-17(3)15-21-20-16-19(10-9-18(20)8-6-11-22-21)26-13-12-23-27(24,25)14-5-2;/h4,7,9-10,16,21-23H,3,5-6,8,11-15H2,1-2H3;1H/b7-4-;. The maximum absolute atomic E-state index is 11.7. The van der Waals surface area contributed by atoms with Crippen LogP contribution in [0.1, 0.15) is 51.7 Å². The third-order valence-electron chi connectivity index (χ3n) is 4.54. The molecule has 1 aromatic carbocycles. The van der Waals surface area contributed by atoms with Gasteiger partial charge >= 0.3 is 0 Å². The average molecular weight is 395 g/mol. The first kappa shape index (κ1) is 21.7. The summed E-state index contributed by atoms with van der Waals surface area (Å²) in [6.45, 7) is 9.56. The molecule has 1 aromatic rings. The number of aryl methyl sites for hydroxylation is 1. The van der Waals surface area contributed by atoms with Crippen molar-refractivity contribution in [3.05, 3.63) is 53.6 Å². The van der Waals surface area contributed by atoms with Crippen LogP contribution in [0.2, 0.25) is 0 Å². The lowest BCUT2D eigenvalue weighted by Crippen LogP contribution is -2.30. The van der Waals surface area contributed by atoms with Crippen molar-refractivity contribution >= 4 is 10.0 Å². The lowest BCUT2D eigenvalue weighted by molar-refractivity contribution is 0.322. The van der Waals surface area contributed by atoms with Gasteiger partial charge in [0.1, 0.15) is 12.4 Å². The molecule has 0 fully saturated rings. The number of ether oxygens (including phenoxy) is 1. The minimum atomic E-state index is -3.19. The maximum Gasteiger partial charge on any atom is 0.211 e. The number of nitrogens with one attached hydrogen (secondary N) is 2. The smallest absolute Gasteiger partial charge is 0.211 e. The summed E-state index contributed by atoms with van der Waals surface area (Å²) < 4.78 is 31.7. The lowest BCUT2D eigenvalue weighted by Gasteiger charge is -2.20. The van der Waals surface area contributed by atoms with Gasteiger partial charge in [0, 0.05) is 14.0 Å². The van der Waals surface area contributed by atoms with E-state index < -0.39 is 10.0 Å². The van der Waals surface area contributed by atoms with E-state index >= 15 is 0 Å². The highest BCUT2D eigenvalue weighted by molar-refractivity contribution is 7.89. The Morgan fingerprint density at radius 3 is 3.04 bits per heavy atom. The van der Waals surface area contributed by atoms with E-state index in [1.165, 1.54) is 11.1 Å². The molecular weight excluding hydrogens is 360 g/mol. The minimum absolute atomic E-state index is 0. The third kappa shape index (κ3) is 7.13. The molecular formula is C21H34N2O3S. The zero-order valence-corrected chi connectivity index (χ0v) is 17.3. The predicted molar refractivity (Wildman–Crippen MR) is 114 cm³/mol. The normalized spacial score (nSPS) is 17.5. The van der Waals surface area contributed by atoms with Gasteiger partial charge < -0.3 is 10.1 Å². The summed E-state index contributed by atoms with van der Waals surface area (Å²) in [6, 6.07) is 6.41. The van der Waals surface area contributed by atoms with Crippen LogP contribution in [0.3, 0.4) is 0 Å². The number of hydrogen-bond donors (Lipinski definition) is 2. The Morgan fingerprint density at radius 2 is 2.30 bits per heavy atom. The van der Waals surface area contributed by atoms with Gasteiger partial charge in [-0.15, -0.1) is 0 Å². The van der Waals surface area contributed by atoms with Crippen LogP contribution in [0.15, 0.2) is 42.5 Å². The second kappa shape index (κ2) is 10.6. The summed E-state index contributed by atoms with van der Waals surface area (Å²) in [6.07, 6.45) is 7.69. The first-order valence-electron chi connectivity index (χ1n) is 9.72. The lowest BCUT2D eigenvalue weighted by atomic mass is 9.94. The highest BCUT2D eigenvalue weighted by Gasteiger charge is 2.19. The molecule has 6 heteroatoms. The number of sulfonamides is 1. The van der Waals surface area contributed by atoms with Gasteiger partial charge in [-0.3, -0.25) is 0 Å². The van der Waals surface area contributed by atoms with Crippen LogP contribution in [0.5, 0.6) is 5.75 Å². The summed E-state index contributed by atoms with van der Waals surface area (Å²) in [5.74, 6) is 0.920. The van der Waals surface area contributed by atoms with Gasteiger partial charge in [-0.2, -0.15) is 0 Å². The Morgan fingerprint density at radius 1 is 1.48 bits per heavy atom. The van der Waals surface area contributed by atoms with E-state index in [1.54, 1.807) is 0 Å². The third-order valence-corrected chi connectivity index (χ3v) is 6.13. The molecule has 0 amide bonds. The molecule has 1 aliphatic rings. The molecule has 0 aliphatic carbocycles. The number of rotatable bonds is 10. The first-order valence-corrected chi connectivity index (χ1v) is 11.4. The molecule has 152 valence electrons. The molecule has 0 spiro atoms. The van der Waals surface area contributed by atoms with Crippen LogP contribution in [0, 0.1) is 0 Å². The molecule has 2 rings (SSSR count). The van der Waals surface area contributed by atoms with Gasteiger partial charge in [0.15, 0.2) is 0 Å². The molecule has 0 bridgehead atoms. The largest absolute Gasteiger partial charge is 0.492 e. The number of allylic oxidation sites excluding steroid dienone is 2. The fourth-order valence-corrected chi connectivity index (χ4v) is 4.41. The van der Waals surface area contributed by atoms with Crippen LogP contribution >= 0.6 is 0 Å². The van der Waals surface area contributed by atoms with Gasteiger partial charge in [-0.25, -0.2) is 13.1 Å². The Balaban J connectivity index is 0.00000392. The molecule has 5 nitrogen and oxygen atoms in total. The molecule has 0 aromatic heterocycles. The molecule has 1 unspecified atom stereocenters. The van der Waals surface area contributed by atoms with Gasteiger partial charge in [0.2, 0.25) is 10.0 Å². The first-order chi connectivity index (χ1) is 12.9. The van der Waals surface area contributed by atoms with E-state index in [9.17, 15) is 8.42 Å². The van der Waals surface area contributed by atoms with Crippen LogP contribution in [-0.2, 0) is 16.4 Å². The summed E-state index contributed by atoms with van der Waals surface area (Å²) in [5.41, 5.74) is 3.69. The fourth-order valence-electron chi connectivity index (χ4n) is 3.33. The zero-order chi connectivity index (χ0) is 19.7. The molecule has 0 saturated carbocycles. The topological polar surface area (TPSA) is 67.4 Å². The average Bonchev–Trinajstić information content (AvgIpc) is 2.81. The minimum Gasteiger partial charge on any atom is -0.492 e. The van der Waals surface area contributed by atoms with Crippen molar-refractivity contribution in [2.24, 2.45) is 0 Å². The summed E-state index contributed by atoms with van der Waals surface area (Å²) in [7, 11) is -3.19. The number of benzene rings is 1. The quantitative estimate of drug-likeness (QED) is 0.469. The second-order valence-corrected chi connectivity index (χ2v) is 8.82. The number of hydrogen-bond acceptors (Lipinski definition) is 4. The molecule has 0 radical (unpaired) electrons. The van der Waals surface area contributed by atoms with Gasteiger partial charge in [0.25, 0.3) is 0 Å². The van der Waals surface area contributed by atoms with Crippen LogP contribution in [-0.4, -0.2) is 33.9 Å². The van der Waals surface area contributed by atoms with E-state index in [4.69, 9.17) is 4.74 Å². The van der Waals surface area contributed by atoms with Crippen LogP contribution in [0.25, 0.3) is 0 Å². The van der Waals surface area contributed by atoms with E-state index in [1.807, 2.05) is 26.0 Å². The van der Waals surface area contributed by atoms with E-state index in [0.717, 1.165) is 37.1 Å². The zero-order valence-electron chi connectivity index (χ0n) is 16.5. The van der Waals surface area contributed by atoms with Crippen molar-refractivity contribution in [2.45, 2.75) is 45.6 Å². The highest BCUT2D eigenvalue weighted by atomic mass is 32.2. The summed E-state index contributed by atoms with van der Waals surface area (Å²) in [5, 5.41) is 3.61. The van der Waals surface area contributed by atoms with Crippen molar-refractivity contribution in [2.75, 3.05) is 25.4 Å². The van der Waals surface area contributed by atoms with Crippen molar-refractivity contribution < 1.29 is 14.6 Å². The second-order valence-electron chi connectivity index (χ2n) is 6.89. The molecule has 27 heavy (non-hydrogen) atoms. The van der Waals surface area contributed by atoms with Crippen molar-refractivity contribution in [1.82, 2.24) is 10.0 Å². The molecule has 1 heterocycles. The Kier molecular flexibility index (Phi) is 8.54. The molecule has 1 aliphatic heterocycles. The summed E-state index contributed by atoms with van der Waals surface area (Å²) >= 11 is 0. The Labute approximate surface area is 165 Å². The van der Waals surface area contributed by atoms with Crippen molar-refractivity contribution in [1.29, 1.82) is 0 Å². The molecule has 1 atom stereocenters. The molecule has 2 N–H and O–H groups in total. The van der Waals surface area contributed by atoms with Crippen LogP contribution in [0.4, 0.5) is 0 Å². The monoisotopic (exact) mass is 394 g/mol. The molecule has 0 saturated heterocycles. The fraction of sp³-hybridized carbons (Fsp3) is 0.524. The summed E-state index contributed by atoms with van der Waals surface area (Å²) in [4.78, 5) is 0. The van der Waals surface area contributed by atoms with E-state index in [0.29, 0.717) is 13.0 Å². The van der Waals surface area contributed by atoms with Gasteiger partial charge in [-0.1, -0.05) is 37.3 Å². The van der Waals surface area contributed by atoms with Gasteiger partial charge in [-0.05, 0) is 62.4 Å². The van der Waals surface area contributed by atoms with Crippen molar-refractivity contribution in [3.8, 4) is 5.75 Å². The van der Waals surface area contributed by atoms with E-state index in [2.05, 4.69) is 34.8 Å². The Hall–Kier alpha value is -1.63. The van der Waals surface area contributed by atoms with Crippen molar-refractivity contribution in [3.63, 3.8) is 0 Å². The van der Waals surface area contributed by atoms with Gasteiger partial charge in [0.05, 0.1) is 5.75 Å². The van der Waals surface area contributed by atoms with E-state index in [-0.39, 0.29) is 19.8 Å². The van der Waals surface area contributed by atoms with Crippen LogP contribution < -0.4 is 14.8 Å².